The van der Waals surface area contributed by atoms with Crippen molar-refractivity contribution >= 4 is 17.9 Å². The van der Waals surface area contributed by atoms with E-state index in [0.29, 0.717) is 0 Å². The molecule has 0 aromatic heterocycles. The van der Waals surface area contributed by atoms with Gasteiger partial charge in [0.05, 0.1) is 0 Å². The van der Waals surface area contributed by atoms with Crippen molar-refractivity contribution in [2.24, 2.45) is 0 Å². The lowest BCUT2D eigenvalue weighted by molar-refractivity contribution is -0.174. The standard InChI is InChI=1S/C12H13NO7/c1-6(14)18-10-5-17-9(4-13)11(19-7(2)15)12(10)20-8(3)16/h10,12H,5H2,1-3H3/t10-,12+/m1/s1. The quantitative estimate of drug-likeness (QED) is 0.532. The van der Waals surface area contributed by atoms with Crippen LogP contribution >= 0.6 is 0 Å². The van der Waals surface area contributed by atoms with Gasteiger partial charge in [-0.1, -0.05) is 0 Å². The second-order valence-corrected chi connectivity index (χ2v) is 3.89. The highest BCUT2D eigenvalue weighted by Crippen LogP contribution is 2.26. The van der Waals surface area contributed by atoms with Crippen LogP contribution in [0.5, 0.6) is 0 Å². The van der Waals surface area contributed by atoms with Crippen LogP contribution in [0.4, 0.5) is 0 Å². The average Bonchev–Trinajstić information content (AvgIpc) is 2.31. The van der Waals surface area contributed by atoms with Crippen LogP contribution in [-0.4, -0.2) is 36.7 Å². The molecule has 0 bridgehead atoms. The van der Waals surface area contributed by atoms with Crippen molar-refractivity contribution in [3.05, 3.63) is 11.5 Å². The predicted molar refractivity (Wildman–Crippen MR) is 61.5 cm³/mol. The lowest BCUT2D eigenvalue weighted by atomic mass is 10.1. The van der Waals surface area contributed by atoms with E-state index in [9.17, 15) is 14.4 Å². The first-order valence-electron chi connectivity index (χ1n) is 5.65. The van der Waals surface area contributed by atoms with Crippen LogP contribution in [0.1, 0.15) is 20.8 Å². The first-order valence-corrected chi connectivity index (χ1v) is 5.65. The Kier molecular flexibility index (Phi) is 5.08. The second-order valence-electron chi connectivity index (χ2n) is 3.89. The maximum absolute atomic E-state index is 11.1. The summed E-state index contributed by atoms with van der Waals surface area (Å²) in [5.74, 6) is -2.62. The van der Waals surface area contributed by atoms with E-state index >= 15 is 0 Å². The molecule has 0 unspecified atom stereocenters. The SMILES string of the molecule is CC(=O)OC1=C(C#N)OC[C@@H](OC(C)=O)[C@@H]1OC(C)=O. The maximum atomic E-state index is 11.1. The Balaban J connectivity index is 3.14. The van der Waals surface area contributed by atoms with Crippen LogP contribution in [0.15, 0.2) is 11.5 Å². The van der Waals surface area contributed by atoms with Crippen molar-refractivity contribution < 1.29 is 33.3 Å². The molecule has 20 heavy (non-hydrogen) atoms. The van der Waals surface area contributed by atoms with Gasteiger partial charge in [0.1, 0.15) is 12.7 Å². The highest BCUT2D eigenvalue weighted by molar-refractivity contribution is 5.69. The van der Waals surface area contributed by atoms with E-state index in [1.54, 1.807) is 6.07 Å². The molecule has 8 nitrogen and oxygen atoms in total. The summed E-state index contributed by atoms with van der Waals surface area (Å²) >= 11 is 0. The van der Waals surface area contributed by atoms with E-state index in [0.717, 1.165) is 13.8 Å². The van der Waals surface area contributed by atoms with Gasteiger partial charge in [0.2, 0.25) is 17.6 Å². The Labute approximate surface area is 114 Å². The number of hydrogen-bond acceptors (Lipinski definition) is 8. The summed E-state index contributed by atoms with van der Waals surface area (Å²) in [5.41, 5.74) is 0. The van der Waals surface area contributed by atoms with Crippen molar-refractivity contribution in [3.8, 4) is 6.07 Å². The van der Waals surface area contributed by atoms with Gasteiger partial charge in [0.25, 0.3) is 0 Å². The number of nitriles is 1. The van der Waals surface area contributed by atoms with E-state index in [4.69, 9.17) is 24.2 Å². The van der Waals surface area contributed by atoms with Crippen LogP contribution in [-0.2, 0) is 33.3 Å². The average molecular weight is 283 g/mol. The van der Waals surface area contributed by atoms with Crippen molar-refractivity contribution in [1.82, 2.24) is 0 Å². The summed E-state index contributed by atoms with van der Waals surface area (Å²) in [6.07, 6.45) is -2.20. The fraction of sp³-hybridized carbons (Fsp3) is 0.500. The van der Waals surface area contributed by atoms with Crippen molar-refractivity contribution in [1.29, 1.82) is 5.26 Å². The number of carbonyl (C=O) groups is 3. The lowest BCUT2D eigenvalue weighted by Gasteiger charge is -2.31. The predicted octanol–water partition coefficient (Wildman–Crippen LogP) is 0.178. The van der Waals surface area contributed by atoms with Gasteiger partial charge in [0, 0.05) is 20.8 Å². The summed E-state index contributed by atoms with van der Waals surface area (Å²) in [5, 5.41) is 8.92. The number of hydrogen-bond donors (Lipinski definition) is 0. The molecule has 2 atom stereocenters. The van der Waals surface area contributed by atoms with Gasteiger partial charge >= 0.3 is 17.9 Å². The molecule has 0 saturated heterocycles. The summed E-state index contributed by atoms with van der Waals surface area (Å²) in [7, 11) is 0. The molecule has 8 heteroatoms. The summed E-state index contributed by atoms with van der Waals surface area (Å²) in [6.45, 7) is 3.23. The monoisotopic (exact) mass is 283 g/mol. The molecule has 0 aromatic rings. The number of ether oxygens (including phenoxy) is 4. The van der Waals surface area contributed by atoms with Gasteiger partial charge in [0.15, 0.2) is 6.10 Å². The van der Waals surface area contributed by atoms with Gasteiger partial charge < -0.3 is 18.9 Å². The Hall–Kier alpha value is -2.56. The third-order valence-electron chi connectivity index (χ3n) is 2.18. The minimum Gasteiger partial charge on any atom is -0.477 e. The van der Waals surface area contributed by atoms with E-state index in [1.165, 1.54) is 6.92 Å². The van der Waals surface area contributed by atoms with E-state index in [1.807, 2.05) is 0 Å². The molecule has 0 spiro atoms. The Morgan fingerprint density at radius 3 is 2.20 bits per heavy atom. The molecular weight excluding hydrogens is 270 g/mol. The van der Waals surface area contributed by atoms with E-state index in [-0.39, 0.29) is 18.1 Å². The van der Waals surface area contributed by atoms with Gasteiger partial charge in [-0.2, -0.15) is 5.26 Å². The fourth-order valence-corrected chi connectivity index (χ4v) is 1.59. The Morgan fingerprint density at radius 2 is 1.75 bits per heavy atom. The first kappa shape index (κ1) is 15.5. The third kappa shape index (κ3) is 3.98. The highest BCUT2D eigenvalue weighted by Gasteiger charge is 2.40. The molecule has 0 radical (unpaired) electrons. The van der Waals surface area contributed by atoms with E-state index < -0.39 is 30.1 Å². The molecule has 1 heterocycles. The molecule has 0 N–H and O–H groups in total. The minimum atomic E-state index is -1.20. The zero-order valence-corrected chi connectivity index (χ0v) is 11.2. The highest BCUT2D eigenvalue weighted by atomic mass is 16.6. The van der Waals surface area contributed by atoms with Gasteiger partial charge in [-0.05, 0) is 0 Å². The summed E-state index contributed by atoms with van der Waals surface area (Å²) in [6, 6.07) is 1.68. The topological polar surface area (TPSA) is 112 Å². The number of nitrogens with zero attached hydrogens (tertiary/aromatic N) is 1. The van der Waals surface area contributed by atoms with Crippen LogP contribution in [0.3, 0.4) is 0 Å². The molecule has 1 aliphatic rings. The zero-order chi connectivity index (χ0) is 15.3. The van der Waals surface area contributed by atoms with Gasteiger partial charge in [-0.25, -0.2) is 0 Å². The third-order valence-corrected chi connectivity index (χ3v) is 2.18. The smallest absolute Gasteiger partial charge is 0.308 e. The molecular formula is C12H13NO7. The Bertz CT molecular complexity index is 502. The number of rotatable bonds is 3. The molecule has 0 saturated carbocycles. The largest absolute Gasteiger partial charge is 0.477 e. The van der Waals surface area contributed by atoms with Gasteiger partial charge in [-0.3, -0.25) is 14.4 Å². The summed E-state index contributed by atoms with van der Waals surface area (Å²) < 4.78 is 19.8. The summed E-state index contributed by atoms with van der Waals surface area (Å²) in [4.78, 5) is 33.2. The number of allylic oxidation sites excluding steroid dienone is 1. The second kappa shape index (κ2) is 6.56. The molecule has 0 aromatic carbocycles. The minimum absolute atomic E-state index is 0.189. The number of carbonyl (C=O) groups excluding carboxylic acids is 3. The fourth-order valence-electron chi connectivity index (χ4n) is 1.59. The first-order chi connectivity index (χ1) is 9.35. The van der Waals surface area contributed by atoms with Crippen LogP contribution in [0.25, 0.3) is 0 Å². The molecule has 0 fully saturated rings. The number of esters is 3. The molecule has 0 aliphatic carbocycles. The normalized spacial score (nSPS) is 21.3. The molecule has 0 amide bonds. The van der Waals surface area contributed by atoms with Crippen molar-refractivity contribution in [2.45, 2.75) is 33.0 Å². The van der Waals surface area contributed by atoms with E-state index in [2.05, 4.69) is 0 Å². The Morgan fingerprint density at radius 1 is 1.15 bits per heavy atom. The van der Waals surface area contributed by atoms with Crippen LogP contribution < -0.4 is 0 Å². The lowest BCUT2D eigenvalue weighted by Crippen LogP contribution is -2.43. The molecule has 1 rings (SSSR count). The maximum Gasteiger partial charge on any atom is 0.308 e. The zero-order valence-electron chi connectivity index (χ0n) is 11.2. The molecule has 1 aliphatic heterocycles. The van der Waals surface area contributed by atoms with Crippen LogP contribution in [0.2, 0.25) is 0 Å². The molecule has 108 valence electrons. The van der Waals surface area contributed by atoms with Gasteiger partial charge in [-0.15, -0.1) is 0 Å². The van der Waals surface area contributed by atoms with Crippen LogP contribution in [0, 0.1) is 11.3 Å². The van der Waals surface area contributed by atoms with Crippen molar-refractivity contribution in [2.75, 3.05) is 6.61 Å². The van der Waals surface area contributed by atoms with Crippen molar-refractivity contribution in [3.63, 3.8) is 0 Å².